The SMILES string of the molecule is CCOc1cc(C(Nc2ccc(C(=N)N)c(OC(=O)C(F)(F)F)c2)C(=O)NNc2ncccn2)ccc1OC(C)C. The van der Waals surface area contributed by atoms with Crippen molar-refractivity contribution in [1.29, 1.82) is 5.41 Å². The molecule has 0 radical (unpaired) electrons. The van der Waals surface area contributed by atoms with Crippen molar-refractivity contribution in [3.8, 4) is 17.2 Å². The number of ether oxygens (including phenoxy) is 3. The van der Waals surface area contributed by atoms with E-state index in [1.165, 1.54) is 24.5 Å². The number of nitrogens with two attached hydrogens (primary N) is 1. The number of aromatic nitrogens is 2. The molecule has 0 fully saturated rings. The first-order chi connectivity index (χ1) is 19.4. The number of nitrogen functional groups attached to an aromatic ring is 1. The van der Waals surface area contributed by atoms with E-state index in [1.807, 2.05) is 13.8 Å². The maximum absolute atomic E-state index is 13.4. The number of esters is 1. The third-order valence-electron chi connectivity index (χ3n) is 5.11. The molecule has 41 heavy (non-hydrogen) atoms. The molecule has 1 heterocycles. The Bertz CT molecular complexity index is 1390. The maximum atomic E-state index is 13.4. The molecule has 6 N–H and O–H groups in total. The van der Waals surface area contributed by atoms with E-state index >= 15 is 0 Å². The average molecular weight is 576 g/mol. The molecule has 1 atom stereocenters. The second kappa shape index (κ2) is 13.3. The number of anilines is 2. The zero-order chi connectivity index (χ0) is 30.2. The minimum Gasteiger partial charge on any atom is -0.490 e. The normalized spacial score (nSPS) is 11.8. The van der Waals surface area contributed by atoms with Gasteiger partial charge in [0.05, 0.1) is 18.3 Å². The molecule has 218 valence electrons. The fourth-order valence-corrected chi connectivity index (χ4v) is 3.42. The molecule has 12 nitrogen and oxygen atoms in total. The van der Waals surface area contributed by atoms with E-state index in [0.29, 0.717) is 23.7 Å². The van der Waals surface area contributed by atoms with Gasteiger partial charge in [0.15, 0.2) is 11.5 Å². The van der Waals surface area contributed by atoms with Gasteiger partial charge in [0, 0.05) is 24.1 Å². The lowest BCUT2D eigenvalue weighted by Gasteiger charge is -2.23. The maximum Gasteiger partial charge on any atom is 0.491 e. The Balaban J connectivity index is 2.00. The minimum atomic E-state index is -5.29. The van der Waals surface area contributed by atoms with E-state index in [0.717, 1.165) is 6.07 Å². The molecule has 0 bridgehead atoms. The molecule has 15 heteroatoms. The Morgan fingerprint density at radius 2 is 1.76 bits per heavy atom. The van der Waals surface area contributed by atoms with Crippen molar-refractivity contribution in [2.24, 2.45) is 5.73 Å². The van der Waals surface area contributed by atoms with E-state index in [-0.39, 0.29) is 23.3 Å². The number of alkyl halides is 3. The molecular formula is C26H28F3N7O5. The van der Waals surface area contributed by atoms with Crippen molar-refractivity contribution in [3.63, 3.8) is 0 Å². The van der Waals surface area contributed by atoms with Gasteiger partial charge in [-0.2, -0.15) is 13.2 Å². The fourth-order valence-electron chi connectivity index (χ4n) is 3.42. The third kappa shape index (κ3) is 8.45. The van der Waals surface area contributed by atoms with Crippen LogP contribution in [-0.4, -0.2) is 46.6 Å². The van der Waals surface area contributed by atoms with E-state index in [2.05, 4.69) is 30.9 Å². The second-order valence-electron chi connectivity index (χ2n) is 8.58. The van der Waals surface area contributed by atoms with Crippen molar-refractivity contribution in [2.45, 2.75) is 39.1 Å². The molecule has 0 saturated carbocycles. The van der Waals surface area contributed by atoms with E-state index < -0.39 is 35.7 Å². The van der Waals surface area contributed by atoms with Crippen molar-refractivity contribution >= 4 is 29.3 Å². The number of nitrogens with one attached hydrogen (secondary N) is 4. The Morgan fingerprint density at radius 1 is 1.05 bits per heavy atom. The number of hydrogen-bond acceptors (Lipinski definition) is 10. The monoisotopic (exact) mass is 575 g/mol. The quantitative estimate of drug-likeness (QED) is 0.0704. The molecule has 1 amide bonds. The number of halogens is 3. The molecule has 1 aromatic heterocycles. The van der Waals surface area contributed by atoms with Gasteiger partial charge in [0.2, 0.25) is 5.95 Å². The molecule has 2 aromatic carbocycles. The van der Waals surface area contributed by atoms with Crippen LogP contribution in [0.4, 0.5) is 24.8 Å². The minimum absolute atomic E-state index is 0.0663. The van der Waals surface area contributed by atoms with Crippen molar-refractivity contribution in [2.75, 3.05) is 17.3 Å². The standard InChI is InChI=1S/C26H28F3N7O5/c1-4-39-20-12-15(6-9-18(20)40-14(2)3)21(23(37)35-36-25-32-10-5-11-33-25)34-16-7-8-17(22(30)31)19(13-16)41-24(38)26(27,28)29/h5-14,21,34H,4H2,1-3H3,(H3,30,31)(H,35,37)(H,32,33,36). The van der Waals surface area contributed by atoms with Gasteiger partial charge in [-0.3, -0.25) is 21.1 Å². The zero-order valence-electron chi connectivity index (χ0n) is 22.2. The molecule has 3 aromatic rings. The van der Waals surface area contributed by atoms with Crippen LogP contribution in [0.15, 0.2) is 54.9 Å². The summed E-state index contributed by atoms with van der Waals surface area (Å²) < 4.78 is 54.6. The van der Waals surface area contributed by atoms with Crippen LogP contribution in [0.3, 0.4) is 0 Å². The van der Waals surface area contributed by atoms with Gasteiger partial charge >= 0.3 is 12.1 Å². The van der Waals surface area contributed by atoms with Crippen LogP contribution < -0.4 is 36.1 Å². The van der Waals surface area contributed by atoms with Crippen LogP contribution in [0.5, 0.6) is 17.2 Å². The van der Waals surface area contributed by atoms with Gasteiger partial charge < -0.3 is 25.3 Å². The summed E-state index contributed by atoms with van der Waals surface area (Å²) in [6.07, 6.45) is -2.54. The fraction of sp³-hybridized carbons (Fsp3) is 0.269. The van der Waals surface area contributed by atoms with E-state index in [9.17, 15) is 22.8 Å². The van der Waals surface area contributed by atoms with E-state index in [1.54, 1.807) is 31.2 Å². The smallest absolute Gasteiger partial charge is 0.490 e. The van der Waals surface area contributed by atoms with Crippen LogP contribution in [0, 0.1) is 5.41 Å². The number of carbonyl (C=O) groups is 2. The summed E-state index contributed by atoms with van der Waals surface area (Å²) in [5.74, 6) is -3.53. The topological polar surface area (TPSA) is 174 Å². The lowest BCUT2D eigenvalue weighted by Crippen LogP contribution is -2.37. The Hall–Kier alpha value is -5.08. The summed E-state index contributed by atoms with van der Waals surface area (Å²) in [5, 5.41) is 10.5. The Morgan fingerprint density at radius 3 is 2.37 bits per heavy atom. The predicted octanol–water partition coefficient (Wildman–Crippen LogP) is 3.71. The van der Waals surface area contributed by atoms with Gasteiger partial charge in [0.1, 0.15) is 17.6 Å². The molecule has 1 unspecified atom stereocenters. The molecule has 0 spiro atoms. The number of amides is 1. The number of hydrogen-bond donors (Lipinski definition) is 5. The summed E-state index contributed by atoms with van der Waals surface area (Å²) in [6, 6.07) is 8.75. The first-order valence-corrected chi connectivity index (χ1v) is 12.2. The molecular weight excluding hydrogens is 547 g/mol. The summed E-state index contributed by atoms with van der Waals surface area (Å²) >= 11 is 0. The third-order valence-corrected chi connectivity index (χ3v) is 5.11. The second-order valence-corrected chi connectivity index (χ2v) is 8.58. The number of benzene rings is 2. The molecule has 0 aliphatic carbocycles. The highest BCUT2D eigenvalue weighted by Gasteiger charge is 2.42. The molecule has 0 aliphatic rings. The van der Waals surface area contributed by atoms with Crippen LogP contribution in [0.1, 0.15) is 37.9 Å². The number of carbonyl (C=O) groups excluding carboxylic acids is 2. The molecule has 3 rings (SSSR count). The lowest BCUT2D eigenvalue weighted by atomic mass is 10.0. The van der Waals surface area contributed by atoms with Gasteiger partial charge in [-0.15, -0.1) is 0 Å². The molecule has 0 aliphatic heterocycles. The summed E-state index contributed by atoms with van der Waals surface area (Å²) in [6.45, 7) is 5.76. The van der Waals surface area contributed by atoms with Gasteiger partial charge in [0.25, 0.3) is 5.91 Å². The lowest BCUT2D eigenvalue weighted by molar-refractivity contribution is -0.189. The zero-order valence-corrected chi connectivity index (χ0v) is 22.2. The number of hydrazine groups is 1. The van der Waals surface area contributed by atoms with Crippen molar-refractivity contribution < 1.29 is 37.0 Å². The van der Waals surface area contributed by atoms with E-state index in [4.69, 9.17) is 20.6 Å². The summed E-state index contributed by atoms with van der Waals surface area (Å²) in [5.41, 5.74) is 10.7. The van der Waals surface area contributed by atoms with Gasteiger partial charge in [-0.05, 0) is 56.7 Å². The number of rotatable bonds is 12. The first kappa shape index (κ1) is 30.5. The largest absolute Gasteiger partial charge is 0.491 e. The Labute approximate surface area is 232 Å². The van der Waals surface area contributed by atoms with Gasteiger partial charge in [-0.1, -0.05) is 6.07 Å². The highest BCUT2D eigenvalue weighted by atomic mass is 19.4. The number of amidine groups is 1. The number of nitrogens with zero attached hydrogens (tertiary/aromatic N) is 2. The van der Waals surface area contributed by atoms with Crippen LogP contribution in [0.25, 0.3) is 0 Å². The van der Waals surface area contributed by atoms with Gasteiger partial charge in [-0.25, -0.2) is 14.8 Å². The average Bonchev–Trinajstić information content (AvgIpc) is 2.91. The van der Waals surface area contributed by atoms with Crippen LogP contribution >= 0.6 is 0 Å². The van der Waals surface area contributed by atoms with Crippen LogP contribution in [0.2, 0.25) is 0 Å². The predicted molar refractivity (Wildman–Crippen MR) is 143 cm³/mol. The first-order valence-electron chi connectivity index (χ1n) is 12.2. The van der Waals surface area contributed by atoms with Crippen molar-refractivity contribution in [3.05, 3.63) is 66.0 Å². The highest BCUT2D eigenvalue weighted by molar-refractivity contribution is 5.99. The highest BCUT2D eigenvalue weighted by Crippen LogP contribution is 2.34. The molecule has 0 saturated heterocycles. The summed E-state index contributed by atoms with van der Waals surface area (Å²) in [4.78, 5) is 32.8. The van der Waals surface area contributed by atoms with Crippen molar-refractivity contribution in [1.82, 2.24) is 15.4 Å². The summed E-state index contributed by atoms with van der Waals surface area (Å²) in [7, 11) is 0. The Kier molecular flexibility index (Phi) is 9.90. The van der Waals surface area contributed by atoms with Crippen LogP contribution in [-0.2, 0) is 9.59 Å².